The molecule has 98 valence electrons. The molecule has 0 heterocycles. The number of ketones is 1. The second kappa shape index (κ2) is 6.17. The van der Waals surface area contributed by atoms with Crippen LogP contribution in [0.5, 0.6) is 5.75 Å². The molecule has 19 heavy (non-hydrogen) atoms. The molecule has 0 saturated carbocycles. The lowest BCUT2D eigenvalue weighted by molar-refractivity contribution is 0.0919. The van der Waals surface area contributed by atoms with Gasteiger partial charge in [0.25, 0.3) is 0 Å². The van der Waals surface area contributed by atoms with E-state index in [1.165, 1.54) is 18.2 Å². The fourth-order valence-electron chi connectivity index (χ4n) is 1.48. The van der Waals surface area contributed by atoms with Crippen molar-refractivity contribution in [2.24, 2.45) is 0 Å². The maximum atomic E-state index is 13.4. The predicted molar refractivity (Wildman–Crippen MR) is 75.4 cm³/mol. The van der Waals surface area contributed by atoms with Crippen LogP contribution in [0.2, 0.25) is 5.02 Å². The van der Waals surface area contributed by atoms with Gasteiger partial charge in [0.1, 0.15) is 0 Å². The third kappa shape index (κ3) is 3.55. The Morgan fingerprint density at radius 2 is 1.89 bits per heavy atom. The SMILES string of the molecule is O=C(COc1c(F)cccc1Cl)c1ccc(Br)cc1. The fourth-order valence-corrected chi connectivity index (χ4v) is 1.96. The summed E-state index contributed by atoms with van der Waals surface area (Å²) in [6.07, 6.45) is 0. The first-order valence-electron chi connectivity index (χ1n) is 5.43. The molecule has 2 aromatic carbocycles. The first-order valence-corrected chi connectivity index (χ1v) is 6.60. The van der Waals surface area contributed by atoms with E-state index >= 15 is 0 Å². The molecule has 0 spiro atoms. The average molecular weight is 344 g/mol. The number of ether oxygens (including phenoxy) is 1. The van der Waals surface area contributed by atoms with Crippen LogP contribution in [-0.4, -0.2) is 12.4 Å². The molecule has 0 N–H and O–H groups in total. The molecule has 2 rings (SSSR count). The highest BCUT2D eigenvalue weighted by atomic mass is 79.9. The first kappa shape index (κ1) is 14.0. The van der Waals surface area contributed by atoms with E-state index in [-0.39, 0.29) is 23.2 Å². The van der Waals surface area contributed by atoms with Crippen LogP contribution in [0.4, 0.5) is 4.39 Å². The van der Waals surface area contributed by atoms with Crippen molar-refractivity contribution >= 4 is 33.3 Å². The summed E-state index contributed by atoms with van der Waals surface area (Å²) >= 11 is 9.08. The summed E-state index contributed by atoms with van der Waals surface area (Å²) in [5.74, 6) is -0.933. The number of hydrogen-bond donors (Lipinski definition) is 0. The number of hydrogen-bond acceptors (Lipinski definition) is 2. The van der Waals surface area contributed by atoms with Gasteiger partial charge in [-0.25, -0.2) is 4.39 Å². The molecule has 0 aliphatic rings. The smallest absolute Gasteiger partial charge is 0.200 e. The highest BCUT2D eigenvalue weighted by molar-refractivity contribution is 9.10. The maximum absolute atomic E-state index is 13.4. The molecule has 0 fully saturated rings. The molecule has 5 heteroatoms. The largest absolute Gasteiger partial charge is 0.481 e. The maximum Gasteiger partial charge on any atom is 0.200 e. The number of benzene rings is 2. The van der Waals surface area contributed by atoms with Crippen LogP contribution in [0, 0.1) is 5.82 Å². The van der Waals surface area contributed by atoms with Crippen LogP contribution in [0.1, 0.15) is 10.4 Å². The molecule has 0 radical (unpaired) electrons. The Bertz CT molecular complexity index is 579. The molecule has 0 amide bonds. The lowest BCUT2D eigenvalue weighted by Crippen LogP contribution is -2.12. The summed E-state index contributed by atoms with van der Waals surface area (Å²) in [4.78, 5) is 11.8. The van der Waals surface area contributed by atoms with Crippen LogP contribution < -0.4 is 4.74 Å². The molecule has 0 saturated heterocycles. The minimum absolute atomic E-state index is 0.102. The van der Waals surface area contributed by atoms with Gasteiger partial charge in [-0.05, 0) is 24.3 Å². The Balaban J connectivity index is 2.06. The second-order valence-electron chi connectivity index (χ2n) is 3.77. The second-order valence-corrected chi connectivity index (χ2v) is 5.09. The van der Waals surface area contributed by atoms with Gasteiger partial charge in [0, 0.05) is 10.0 Å². The summed E-state index contributed by atoms with van der Waals surface area (Å²) in [5, 5.41) is 0.142. The van der Waals surface area contributed by atoms with Gasteiger partial charge in [0.2, 0.25) is 0 Å². The highest BCUT2D eigenvalue weighted by Crippen LogP contribution is 2.27. The molecule has 0 aromatic heterocycles. The van der Waals surface area contributed by atoms with Gasteiger partial charge in [0.15, 0.2) is 24.0 Å². The van der Waals surface area contributed by atoms with Gasteiger partial charge in [-0.15, -0.1) is 0 Å². The van der Waals surface area contributed by atoms with Gasteiger partial charge in [-0.2, -0.15) is 0 Å². The van der Waals surface area contributed by atoms with Crippen molar-refractivity contribution in [1.82, 2.24) is 0 Å². The Morgan fingerprint density at radius 1 is 1.21 bits per heavy atom. The lowest BCUT2D eigenvalue weighted by Gasteiger charge is -2.08. The van der Waals surface area contributed by atoms with E-state index in [1.807, 2.05) is 0 Å². The summed E-state index contributed by atoms with van der Waals surface area (Å²) in [6.45, 7) is -0.262. The van der Waals surface area contributed by atoms with Crippen molar-refractivity contribution in [1.29, 1.82) is 0 Å². The zero-order valence-electron chi connectivity index (χ0n) is 9.70. The standard InChI is InChI=1S/C14H9BrClFO2/c15-10-6-4-9(5-7-10)13(18)8-19-14-11(16)2-1-3-12(14)17/h1-7H,8H2. The Morgan fingerprint density at radius 3 is 2.53 bits per heavy atom. The van der Waals surface area contributed by atoms with Gasteiger partial charge < -0.3 is 4.74 Å². The number of para-hydroxylation sites is 1. The minimum atomic E-state index is -0.587. The van der Waals surface area contributed by atoms with E-state index in [0.29, 0.717) is 5.56 Å². The summed E-state index contributed by atoms with van der Waals surface area (Å²) in [7, 11) is 0. The minimum Gasteiger partial charge on any atom is -0.481 e. The van der Waals surface area contributed by atoms with Crippen molar-refractivity contribution in [2.75, 3.05) is 6.61 Å². The highest BCUT2D eigenvalue weighted by Gasteiger charge is 2.11. The summed E-state index contributed by atoms with van der Waals surface area (Å²) in [6, 6.07) is 11.0. The van der Waals surface area contributed by atoms with Crippen molar-refractivity contribution in [2.45, 2.75) is 0 Å². The van der Waals surface area contributed by atoms with Crippen LogP contribution in [0.15, 0.2) is 46.9 Å². The first-order chi connectivity index (χ1) is 9.08. The molecule has 0 atom stereocenters. The summed E-state index contributed by atoms with van der Waals surface area (Å²) in [5.41, 5.74) is 0.496. The van der Waals surface area contributed by atoms with Crippen LogP contribution in [0.3, 0.4) is 0 Å². The van der Waals surface area contributed by atoms with Crippen molar-refractivity contribution in [3.05, 3.63) is 63.3 Å². The van der Waals surface area contributed by atoms with E-state index in [9.17, 15) is 9.18 Å². The number of Topliss-reactive ketones (excluding diaryl/α,β-unsaturated/α-hetero) is 1. The van der Waals surface area contributed by atoms with Gasteiger partial charge >= 0.3 is 0 Å². The third-order valence-electron chi connectivity index (χ3n) is 2.43. The molecule has 0 bridgehead atoms. The van der Waals surface area contributed by atoms with Crippen LogP contribution in [-0.2, 0) is 0 Å². The Kier molecular flexibility index (Phi) is 4.56. The van der Waals surface area contributed by atoms with Crippen molar-refractivity contribution in [3.63, 3.8) is 0 Å². The van der Waals surface area contributed by atoms with Gasteiger partial charge in [-0.3, -0.25) is 4.79 Å². The molecule has 2 aromatic rings. The number of halogens is 3. The molecule has 0 aliphatic heterocycles. The molecular formula is C14H9BrClFO2. The fraction of sp³-hybridized carbons (Fsp3) is 0.0714. The summed E-state index contributed by atoms with van der Waals surface area (Å²) < 4.78 is 19.5. The van der Waals surface area contributed by atoms with E-state index < -0.39 is 5.82 Å². The van der Waals surface area contributed by atoms with Gasteiger partial charge in [0.05, 0.1) is 5.02 Å². The van der Waals surface area contributed by atoms with Crippen LogP contribution in [0.25, 0.3) is 0 Å². The van der Waals surface area contributed by atoms with E-state index in [0.717, 1.165) is 4.47 Å². The van der Waals surface area contributed by atoms with E-state index in [4.69, 9.17) is 16.3 Å². The lowest BCUT2D eigenvalue weighted by atomic mass is 10.1. The number of rotatable bonds is 4. The number of carbonyl (C=O) groups is 1. The molecule has 2 nitrogen and oxygen atoms in total. The Labute approximate surface area is 123 Å². The topological polar surface area (TPSA) is 26.3 Å². The normalized spacial score (nSPS) is 10.3. The zero-order chi connectivity index (χ0) is 13.8. The molecule has 0 unspecified atom stereocenters. The zero-order valence-corrected chi connectivity index (χ0v) is 12.0. The molecular weight excluding hydrogens is 335 g/mol. The van der Waals surface area contributed by atoms with Crippen LogP contribution >= 0.6 is 27.5 Å². The third-order valence-corrected chi connectivity index (χ3v) is 3.26. The van der Waals surface area contributed by atoms with Crippen molar-refractivity contribution < 1.29 is 13.9 Å². The average Bonchev–Trinajstić information content (AvgIpc) is 2.38. The van der Waals surface area contributed by atoms with Crippen molar-refractivity contribution in [3.8, 4) is 5.75 Å². The van der Waals surface area contributed by atoms with E-state index in [2.05, 4.69) is 15.9 Å². The Hall–Kier alpha value is -1.39. The monoisotopic (exact) mass is 342 g/mol. The quantitative estimate of drug-likeness (QED) is 0.764. The van der Waals surface area contributed by atoms with E-state index in [1.54, 1.807) is 24.3 Å². The molecule has 0 aliphatic carbocycles. The number of carbonyl (C=O) groups excluding carboxylic acids is 1. The predicted octanol–water partition coefficient (Wildman–Crippen LogP) is 4.50. The van der Waals surface area contributed by atoms with Gasteiger partial charge in [-0.1, -0.05) is 45.7 Å².